The van der Waals surface area contributed by atoms with Gasteiger partial charge in [0.05, 0.1) is 0 Å². The fraction of sp³-hybridized carbons (Fsp3) is 0.909. The zero-order valence-corrected chi connectivity index (χ0v) is 10.8. The van der Waals surface area contributed by atoms with E-state index >= 15 is 0 Å². The lowest BCUT2D eigenvalue weighted by Crippen LogP contribution is -2.37. The Morgan fingerprint density at radius 3 is 2.94 bits per heavy atom. The quantitative estimate of drug-likeness (QED) is 0.666. The number of carbonyl (C=O) groups is 1. The van der Waals surface area contributed by atoms with Gasteiger partial charge in [-0.05, 0) is 32.2 Å². The molecule has 1 rings (SSSR count). The molecule has 0 aromatic rings. The van der Waals surface area contributed by atoms with Crippen LogP contribution in [0.4, 0.5) is 0 Å². The Hall–Kier alpha value is -0.320. The van der Waals surface area contributed by atoms with Gasteiger partial charge < -0.3 is 15.4 Å². The number of nitrogens with one attached hydrogen (secondary N) is 2. The summed E-state index contributed by atoms with van der Waals surface area (Å²) in [6.07, 6.45) is 4.91. The molecule has 0 saturated carbocycles. The zero-order valence-electron chi connectivity index (χ0n) is 9.96. The molecule has 4 nitrogen and oxygen atoms in total. The van der Waals surface area contributed by atoms with Crippen LogP contribution in [-0.2, 0) is 9.53 Å². The van der Waals surface area contributed by atoms with Gasteiger partial charge >= 0.3 is 0 Å². The average Bonchev–Trinajstić information content (AvgIpc) is 2.74. The summed E-state index contributed by atoms with van der Waals surface area (Å²) in [6.45, 7) is 2.62. The van der Waals surface area contributed by atoms with Gasteiger partial charge in [-0.25, -0.2) is 0 Å². The fourth-order valence-electron chi connectivity index (χ4n) is 1.79. The highest BCUT2D eigenvalue weighted by molar-refractivity contribution is 5.85. The molecule has 1 aliphatic heterocycles. The van der Waals surface area contributed by atoms with E-state index in [0.717, 1.165) is 32.5 Å². The smallest absolute Gasteiger partial charge is 0.220 e. The molecule has 96 valence electrons. The van der Waals surface area contributed by atoms with Crippen molar-refractivity contribution in [2.75, 3.05) is 26.8 Å². The van der Waals surface area contributed by atoms with Crippen molar-refractivity contribution in [3.05, 3.63) is 0 Å². The summed E-state index contributed by atoms with van der Waals surface area (Å²) in [4.78, 5) is 11.4. The van der Waals surface area contributed by atoms with Gasteiger partial charge in [0.2, 0.25) is 5.91 Å². The molecule has 0 aliphatic carbocycles. The van der Waals surface area contributed by atoms with Crippen LogP contribution < -0.4 is 10.6 Å². The maximum Gasteiger partial charge on any atom is 0.220 e. The van der Waals surface area contributed by atoms with Crippen molar-refractivity contribution in [2.24, 2.45) is 0 Å². The molecule has 0 spiro atoms. The number of amides is 1. The molecular weight excluding hydrogens is 228 g/mol. The lowest BCUT2D eigenvalue weighted by atomic mass is 10.2. The lowest BCUT2D eigenvalue weighted by molar-refractivity contribution is -0.121. The van der Waals surface area contributed by atoms with Gasteiger partial charge in [-0.2, -0.15) is 0 Å². The van der Waals surface area contributed by atoms with E-state index in [4.69, 9.17) is 4.74 Å². The molecule has 1 fully saturated rings. The number of unbranched alkanes of at least 4 members (excludes halogenated alkanes) is 1. The molecule has 1 unspecified atom stereocenters. The summed E-state index contributed by atoms with van der Waals surface area (Å²) in [5, 5.41) is 6.31. The predicted octanol–water partition coefficient (Wildman–Crippen LogP) is 1.09. The molecule has 1 amide bonds. The molecule has 1 heterocycles. The van der Waals surface area contributed by atoms with Crippen molar-refractivity contribution in [1.29, 1.82) is 0 Å². The van der Waals surface area contributed by atoms with Crippen molar-refractivity contribution >= 4 is 18.3 Å². The molecule has 0 bridgehead atoms. The molecule has 0 aromatic heterocycles. The monoisotopic (exact) mass is 250 g/mol. The second-order valence-corrected chi connectivity index (χ2v) is 4.05. The SMILES string of the molecule is COCCCCC(=O)NCC1CCCN1.Cl. The zero-order chi connectivity index (χ0) is 10.9. The number of methoxy groups -OCH3 is 1. The highest BCUT2D eigenvalue weighted by Gasteiger charge is 2.14. The maximum atomic E-state index is 11.4. The van der Waals surface area contributed by atoms with E-state index < -0.39 is 0 Å². The van der Waals surface area contributed by atoms with Crippen LogP contribution in [0, 0.1) is 0 Å². The summed E-state index contributed by atoms with van der Waals surface area (Å²) in [5.74, 6) is 0.166. The lowest BCUT2D eigenvalue weighted by Gasteiger charge is -2.11. The van der Waals surface area contributed by atoms with Gasteiger partial charge in [0.25, 0.3) is 0 Å². The summed E-state index contributed by atoms with van der Waals surface area (Å²) < 4.78 is 4.92. The van der Waals surface area contributed by atoms with E-state index in [1.54, 1.807) is 7.11 Å². The summed E-state index contributed by atoms with van der Waals surface area (Å²) in [6, 6.07) is 0.493. The van der Waals surface area contributed by atoms with Gasteiger partial charge in [0, 0.05) is 32.7 Å². The van der Waals surface area contributed by atoms with Gasteiger partial charge in [0.1, 0.15) is 0 Å². The Morgan fingerprint density at radius 2 is 2.31 bits per heavy atom. The van der Waals surface area contributed by atoms with Gasteiger partial charge in [-0.1, -0.05) is 0 Å². The standard InChI is InChI=1S/C11H22N2O2.ClH/c1-15-8-3-2-6-11(14)13-9-10-5-4-7-12-10;/h10,12H,2-9H2,1H3,(H,13,14);1H. The van der Waals surface area contributed by atoms with Gasteiger partial charge in [-0.15, -0.1) is 12.4 Å². The Labute approximate surface area is 104 Å². The minimum absolute atomic E-state index is 0. The topological polar surface area (TPSA) is 50.4 Å². The first kappa shape index (κ1) is 15.7. The number of rotatable bonds is 7. The molecule has 16 heavy (non-hydrogen) atoms. The van der Waals surface area contributed by atoms with Crippen LogP contribution >= 0.6 is 12.4 Å². The number of ether oxygens (including phenoxy) is 1. The van der Waals surface area contributed by atoms with Crippen LogP contribution in [0.1, 0.15) is 32.1 Å². The number of hydrogen-bond acceptors (Lipinski definition) is 3. The Kier molecular flexibility index (Phi) is 9.68. The minimum Gasteiger partial charge on any atom is -0.385 e. The Balaban J connectivity index is 0.00000225. The van der Waals surface area contributed by atoms with E-state index in [-0.39, 0.29) is 18.3 Å². The van der Waals surface area contributed by atoms with Crippen molar-refractivity contribution in [3.63, 3.8) is 0 Å². The van der Waals surface area contributed by atoms with E-state index in [0.29, 0.717) is 12.5 Å². The van der Waals surface area contributed by atoms with Crippen LogP contribution in [0.3, 0.4) is 0 Å². The predicted molar refractivity (Wildman–Crippen MR) is 67.0 cm³/mol. The first-order valence-corrected chi connectivity index (χ1v) is 5.82. The second kappa shape index (κ2) is 9.87. The summed E-state index contributed by atoms with van der Waals surface area (Å²) in [7, 11) is 1.69. The normalized spacial score (nSPS) is 19.2. The van der Waals surface area contributed by atoms with Crippen molar-refractivity contribution in [1.82, 2.24) is 10.6 Å². The molecule has 0 radical (unpaired) electrons. The van der Waals surface area contributed by atoms with Crippen molar-refractivity contribution < 1.29 is 9.53 Å². The van der Waals surface area contributed by atoms with Crippen LogP contribution in [0.2, 0.25) is 0 Å². The van der Waals surface area contributed by atoms with Crippen LogP contribution in [0.15, 0.2) is 0 Å². The third-order valence-corrected chi connectivity index (χ3v) is 2.71. The van der Waals surface area contributed by atoms with E-state index in [1.807, 2.05) is 0 Å². The second-order valence-electron chi connectivity index (χ2n) is 4.05. The van der Waals surface area contributed by atoms with Crippen LogP contribution in [0.25, 0.3) is 0 Å². The first-order valence-electron chi connectivity index (χ1n) is 5.82. The van der Waals surface area contributed by atoms with Crippen LogP contribution in [0.5, 0.6) is 0 Å². The minimum atomic E-state index is 0. The summed E-state index contributed by atoms with van der Waals surface area (Å²) in [5.41, 5.74) is 0. The highest BCUT2D eigenvalue weighted by atomic mass is 35.5. The molecular formula is C11H23ClN2O2. The third-order valence-electron chi connectivity index (χ3n) is 2.71. The van der Waals surface area contributed by atoms with E-state index in [9.17, 15) is 4.79 Å². The molecule has 2 N–H and O–H groups in total. The first-order chi connectivity index (χ1) is 7.33. The summed E-state index contributed by atoms with van der Waals surface area (Å²) >= 11 is 0. The highest BCUT2D eigenvalue weighted by Crippen LogP contribution is 2.03. The van der Waals surface area contributed by atoms with E-state index in [1.165, 1.54) is 12.8 Å². The molecule has 1 aliphatic rings. The molecule has 1 atom stereocenters. The largest absolute Gasteiger partial charge is 0.385 e. The van der Waals surface area contributed by atoms with Gasteiger partial charge in [0.15, 0.2) is 0 Å². The number of hydrogen-bond donors (Lipinski definition) is 2. The maximum absolute atomic E-state index is 11.4. The molecule has 1 saturated heterocycles. The number of carbonyl (C=O) groups excluding carboxylic acids is 1. The molecule has 5 heteroatoms. The van der Waals surface area contributed by atoms with Crippen molar-refractivity contribution in [2.45, 2.75) is 38.1 Å². The van der Waals surface area contributed by atoms with E-state index in [2.05, 4.69) is 10.6 Å². The fourth-order valence-corrected chi connectivity index (χ4v) is 1.79. The Bertz CT molecular complexity index is 185. The van der Waals surface area contributed by atoms with Crippen LogP contribution in [-0.4, -0.2) is 38.8 Å². The van der Waals surface area contributed by atoms with Gasteiger partial charge in [-0.3, -0.25) is 4.79 Å². The molecule has 0 aromatic carbocycles. The Morgan fingerprint density at radius 1 is 1.50 bits per heavy atom. The van der Waals surface area contributed by atoms with Crippen molar-refractivity contribution in [3.8, 4) is 0 Å². The third kappa shape index (κ3) is 7.04. The average molecular weight is 251 g/mol. The number of halogens is 1.